The predicted molar refractivity (Wildman–Crippen MR) is 193 cm³/mol. The Labute approximate surface area is 301 Å². The number of benzene rings is 2. The van der Waals surface area contributed by atoms with Crippen molar-refractivity contribution in [2.24, 2.45) is 0 Å². The maximum absolute atomic E-state index is 14.8. The van der Waals surface area contributed by atoms with E-state index >= 15 is 0 Å². The van der Waals surface area contributed by atoms with Crippen LogP contribution in [0.1, 0.15) is 60.0 Å². The highest BCUT2D eigenvalue weighted by molar-refractivity contribution is 7.22. The van der Waals surface area contributed by atoms with E-state index in [2.05, 4.69) is 32.9 Å². The molecule has 0 unspecified atom stereocenters. The summed E-state index contributed by atoms with van der Waals surface area (Å²) in [6.07, 6.45) is 2.91. The number of hydrogen-bond acceptors (Lipinski definition) is 11. The van der Waals surface area contributed by atoms with Gasteiger partial charge in [-0.2, -0.15) is 0 Å². The molecule has 15 heteroatoms. The van der Waals surface area contributed by atoms with Crippen LogP contribution in [0.2, 0.25) is 0 Å². The number of nitrogens with one attached hydrogen (secondary N) is 3. The molecule has 4 aromatic rings. The molecule has 7 rings (SSSR count). The standard InChI is InChI=1S/C36H36F3N7O3S2/c1-22-24-9-4-16-40-32(24)46(44-31(22)43-34-41-26-10-2-3-11-28(26)50-34)35-42-30(33(47)48)29(51-35)12-6-19-49-27-14-13-23(20-25(27)37)8-5-17-45-18-7-15-36(38,39)21-45/h2-3,10-11,13-14,20,40,44H,4,6-7,9,12,15-19,21H2,1H3,(H,41,43)(H,47,48). The number of para-hydroxylation sites is 1. The summed E-state index contributed by atoms with van der Waals surface area (Å²) in [7, 11) is 0. The Hall–Kier alpha value is -4.78. The summed E-state index contributed by atoms with van der Waals surface area (Å²) in [6, 6.07) is 12.3. The van der Waals surface area contributed by atoms with Gasteiger partial charge in [0.2, 0.25) is 5.13 Å². The van der Waals surface area contributed by atoms with Gasteiger partial charge in [-0.3, -0.25) is 10.3 Å². The van der Waals surface area contributed by atoms with Crippen molar-refractivity contribution in [1.82, 2.24) is 25.6 Å². The molecule has 2 aromatic carbocycles. The zero-order valence-corrected chi connectivity index (χ0v) is 29.5. The van der Waals surface area contributed by atoms with Crippen LogP contribution in [0.25, 0.3) is 10.2 Å². The third kappa shape index (κ3) is 7.93. The lowest BCUT2D eigenvalue weighted by Crippen LogP contribution is -2.49. The van der Waals surface area contributed by atoms with E-state index in [1.807, 2.05) is 31.2 Å². The molecule has 3 aliphatic rings. The highest BCUT2D eigenvalue weighted by Crippen LogP contribution is 2.37. The van der Waals surface area contributed by atoms with Gasteiger partial charge in [-0.15, -0.1) is 0 Å². The van der Waals surface area contributed by atoms with Crippen LogP contribution >= 0.6 is 22.7 Å². The summed E-state index contributed by atoms with van der Waals surface area (Å²) < 4.78 is 48.9. The molecule has 0 radical (unpaired) electrons. The van der Waals surface area contributed by atoms with Gasteiger partial charge in [0, 0.05) is 29.0 Å². The van der Waals surface area contributed by atoms with E-state index in [1.54, 1.807) is 27.3 Å². The number of hydrogen-bond donors (Lipinski definition) is 4. The van der Waals surface area contributed by atoms with Crippen LogP contribution in [-0.2, 0) is 6.42 Å². The number of piperidine rings is 1. The van der Waals surface area contributed by atoms with Crippen molar-refractivity contribution >= 4 is 49.1 Å². The second-order valence-electron chi connectivity index (χ2n) is 12.6. The molecule has 3 aliphatic heterocycles. The SMILES string of the molecule is CC1=C(Nc2nc3ccccc3s2)NN(c2nc(C(=O)O)c(CCCOc3ccc(C#CCN4CCCC(F)(F)C4)cc3F)s2)C2=C1CCCN2. The average molecular weight is 736 g/mol. The number of alkyl halides is 2. The Morgan fingerprint density at radius 1 is 1.18 bits per heavy atom. The third-order valence-corrected chi connectivity index (χ3v) is 10.9. The van der Waals surface area contributed by atoms with E-state index < -0.39 is 17.7 Å². The molecule has 5 heterocycles. The molecule has 1 fully saturated rings. The molecule has 2 aromatic heterocycles. The number of halogens is 3. The number of aryl methyl sites for hydroxylation is 1. The van der Waals surface area contributed by atoms with Crippen molar-refractivity contribution < 1.29 is 27.8 Å². The van der Waals surface area contributed by atoms with E-state index in [9.17, 15) is 23.1 Å². The van der Waals surface area contributed by atoms with E-state index in [1.165, 1.54) is 23.5 Å². The molecule has 0 aliphatic carbocycles. The molecular formula is C36H36F3N7O3S2. The summed E-state index contributed by atoms with van der Waals surface area (Å²) in [5, 5.41) is 20.0. The van der Waals surface area contributed by atoms with Crippen molar-refractivity contribution in [1.29, 1.82) is 0 Å². The fraction of sp³-hybridized carbons (Fsp3) is 0.361. The Morgan fingerprint density at radius 3 is 2.84 bits per heavy atom. The minimum atomic E-state index is -2.70. The molecule has 0 spiro atoms. The average Bonchev–Trinajstić information content (AvgIpc) is 3.72. The fourth-order valence-electron chi connectivity index (χ4n) is 6.29. The highest BCUT2D eigenvalue weighted by Gasteiger charge is 2.35. The van der Waals surface area contributed by atoms with Gasteiger partial charge >= 0.3 is 5.97 Å². The van der Waals surface area contributed by atoms with Crippen LogP contribution < -0.4 is 25.8 Å². The number of likely N-dealkylation sites (tertiary alicyclic amines) is 1. The molecular weight excluding hydrogens is 700 g/mol. The Balaban J connectivity index is 0.998. The smallest absolute Gasteiger partial charge is 0.355 e. The minimum Gasteiger partial charge on any atom is -0.491 e. The second-order valence-corrected chi connectivity index (χ2v) is 14.7. The Kier molecular flexibility index (Phi) is 10.1. The van der Waals surface area contributed by atoms with Gasteiger partial charge in [-0.05, 0) is 81.5 Å². The van der Waals surface area contributed by atoms with Crippen molar-refractivity contribution in [2.75, 3.05) is 43.1 Å². The van der Waals surface area contributed by atoms with Crippen LogP contribution in [0, 0.1) is 17.7 Å². The molecule has 4 N–H and O–H groups in total. The van der Waals surface area contributed by atoms with Crippen LogP contribution in [0.5, 0.6) is 5.75 Å². The highest BCUT2D eigenvalue weighted by atomic mass is 32.1. The lowest BCUT2D eigenvalue weighted by Gasteiger charge is -2.37. The van der Waals surface area contributed by atoms with E-state index in [0.29, 0.717) is 41.4 Å². The first-order valence-electron chi connectivity index (χ1n) is 16.8. The number of rotatable bonds is 10. The number of nitrogens with zero attached hydrogens (tertiary/aromatic N) is 4. The molecule has 0 amide bonds. The van der Waals surface area contributed by atoms with Gasteiger partial charge in [0.15, 0.2) is 22.4 Å². The summed E-state index contributed by atoms with van der Waals surface area (Å²) in [4.78, 5) is 23.7. The van der Waals surface area contributed by atoms with E-state index in [-0.39, 0.29) is 37.6 Å². The maximum Gasteiger partial charge on any atom is 0.355 e. The van der Waals surface area contributed by atoms with Crippen molar-refractivity contribution in [2.45, 2.75) is 51.4 Å². The molecule has 0 saturated carbocycles. The number of carbonyl (C=O) groups is 1. The minimum absolute atomic E-state index is 0.0379. The van der Waals surface area contributed by atoms with E-state index in [0.717, 1.165) is 57.5 Å². The van der Waals surface area contributed by atoms with Gasteiger partial charge < -0.3 is 20.5 Å². The number of thiazole rings is 2. The van der Waals surface area contributed by atoms with Gasteiger partial charge in [-0.25, -0.2) is 32.9 Å². The van der Waals surface area contributed by atoms with Crippen molar-refractivity contribution in [3.8, 4) is 17.6 Å². The summed E-state index contributed by atoms with van der Waals surface area (Å²) >= 11 is 2.82. The van der Waals surface area contributed by atoms with Gasteiger partial charge in [0.05, 0.1) is 29.9 Å². The number of ether oxygens (including phenoxy) is 1. The number of carboxylic acids is 1. The number of hydrazine groups is 1. The van der Waals surface area contributed by atoms with Gasteiger partial charge in [0.25, 0.3) is 5.92 Å². The van der Waals surface area contributed by atoms with Crippen molar-refractivity contribution in [3.05, 3.63) is 87.2 Å². The van der Waals surface area contributed by atoms with Crippen LogP contribution in [0.3, 0.4) is 0 Å². The molecule has 51 heavy (non-hydrogen) atoms. The topological polar surface area (TPSA) is 115 Å². The number of carboxylic acid groups (broad SMARTS) is 1. The summed E-state index contributed by atoms with van der Waals surface area (Å²) in [6.45, 7) is 3.41. The largest absolute Gasteiger partial charge is 0.491 e. The van der Waals surface area contributed by atoms with Crippen LogP contribution in [-0.4, -0.2) is 64.7 Å². The van der Waals surface area contributed by atoms with Gasteiger partial charge in [-0.1, -0.05) is 46.6 Å². The van der Waals surface area contributed by atoms with Gasteiger partial charge in [0.1, 0.15) is 11.6 Å². The Bertz CT molecular complexity index is 2050. The molecule has 10 nitrogen and oxygen atoms in total. The van der Waals surface area contributed by atoms with E-state index in [4.69, 9.17) is 9.72 Å². The first kappa shape index (κ1) is 34.7. The predicted octanol–water partition coefficient (Wildman–Crippen LogP) is 6.95. The number of anilines is 2. The lowest BCUT2D eigenvalue weighted by atomic mass is 9.98. The molecule has 0 bridgehead atoms. The fourth-order valence-corrected chi connectivity index (χ4v) is 8.23. The summed E-state index contributed by atoms with van der Waals surface area (Å²) in [5.41, 5.74) is 6.85. The first-order chi connectivity index (χ1) is 24.6. The molecule has 0 atom stereocenters. The normalized spacial score (nSPS) is 17.4. The number of fused-ring (bicyclic) bond motifs is 1. The maximum atomic E-state index is 14.8. The van der Waals surface area contributed by atoms with Crippen LogP contribution in [0.15, 0.2) is 65.3 Å². The zero-order valence-electron chi connectivity index (χ0n) is 27.8. The number of allylic oxidation sites excluding steroid dienone is 2. The second kappa shape index (κ2) is 14.8. The lowest BCUT2D eigenvalue weighted by molar-refractivity contribution is -0.0604. The zero-order chi connectivity index (χ0) is 35.5. The number of aromatic nitrogens is 2. The monoisotopic (exact) mass is 735 g/mol. The molecule has 1 saturated heterocycles. The summed E-state index contributed by atoms with van der Waals surface area (Å²) in [5.74, 6) is 2.92. The first-order valence-corrected chi connectivity index (χ1v) is 18.4. The van der Waals surface area contributed by atoms with Crippen LogP contribution in [0.4, 0.5) is 23.4 Å². The molecule has 266 valence electrons. The third-order valence-electron chi connectivity index (χ3n) is 8.81. The number of aromatic carboxylic acids is 1. The quantitative estimate of drug-likeness (QED) is 0.101. The Morgan fingerprint density at radius 2 is 2.04 bits per heavy atom. The van der Waals surface area contributed by atoms with Crippen molar-refractivity contribution in [3.63, 3.8) is 0 Å².